The van der Waals surface area contributed by atoms with E-state index in [1.807, 2.05) is 6.20 Å². The van der Waals surface area contributed by atoms with Crippen LogP contribution < -0.4 is 4.90 Å². The first-order valence-electron chi connectivity index (χ1n) is 11.2. The number of hydrogen-bond acceptors (Lipinski definition) is 8. The zero-order valence-corrected chi connectivity index (χ0v) is 19.1. The second-order valence-corrected chi connectivity index (χ2v) is 9.64. The molecule has 2 aliphatic heterocycles. The van der Waals surface area contributed by atoms with Gasteiger partial charge in [-0.05, 0) is 19.2 Å². The summed E-state index contributed by atoms with van der Waals surface area (Å²) in [6.07, 6.45) is 1.96. The van der Waals surface area contributed by atoms with Gasteiger partial charge in [0.05, 0.1) is 19.8 Å². The smallest absolute Gasteiger partial charge is 0.176 e. The number of thiazole rings is 1. The molecule has 0 saturated carbocycles. The van der Waals surface area contributed by atoms with E-state index in [1.54, 1.807) is 11.3 Å². The quantitative estimate of drug-likeness (QED) is 0.514. The van der Waals surface area contributed by atoms with Crippen LogP contribution in [0, 0.1) is 0 Å². The summed E-state index contributed by atoms with van der Waals surface area (Å²) in [7, 11) is 2.19. The van der Waals surface area contributed by atoms with Gasteiger partial charge in [-0.2, -0.15) is 0 Å². The van der Waals surface area contributed by atoms with Crippen molar-refractivity contribution >= 4 is 38.4 Å². The molecule has 2 fully saturated rings. The molecular weight excluding hydrogens is 422 g/mol. The van der Waals surface area contributed by atoms with Crippen molar-refractivity contribution in [2.24, 2.45) is 0 Å². The molecule has 6 rings (SSSR count). The van der Waals surface area contributed by atoms with E-state index in [-0.39, 0.29) is 0 Å². The first-order chi connectivity index (χ1) is 15.7. The average Bonchev–Trinajstić information content (AvgIpc) is 3.47. The van der Waals surface area contributed by atoms with Crippen LogP contribution in [0.15, 0.2) is 30.5 Å². The van der Waals surface area contributed by atoms with E-state index in [0.717, 1.165) is 102 Å². The van der Waals surface area contributed by atoms with Crippen LogP contribution in [0.5, 0.6) is 0 Å². The molecule has 0 atom stereocenters. The van der Waals surface area contributed by atoms with Gasteiger partial charge >= 0.3 is 0 Å². The predicted octanol–water partition coefficient (Wildman–Crippen LogP) is 2.82. The Hall–Kier alpha value is -2.59. The fourth-order valence-electron chi connectivity index (χ4n) is 4.51. The number of aromatic amines is 1. The van der Waals surface area contributed by atoms with Crippen LogP contribution in [-0.2, 0) is 11.3 Å². The summed E-state index contributed by atoms with van der Waals surface area (Å²) < 4.78 is 6.68. The van der Waals surface area contributed by atoms with E-state index in [1.165, 1.54) is 0 Å². The Labute approximate surface area is 190 Å². The van der Waals surface area contributed by atoms with E-state index >= 15 is 0 Å². The number of ether oxygens (including phenoxy) is 1. The summed E-state index contributed by atoms with van der Waals surface area (Å²) in [4.78, 5) is 25.5. The minimum atomic E-state index is 0.723. The van der Waals surface area contributed by atoms with Crippen LogP contribution in [0.3, 0.4) is 0 Å². The van der Waals surface area contributed by atoms with Gasteiger partial charge in [-0.15, -0.1) is 11.3 Å². The fourth-order valence-corrected chi connectivity index (χ4v) is 5.57. The standard InChI is InChI=1S/C23H27N7OS/c1-28-7-9-29(10-8-28)15-19-25-22-20(32-19)23(30-11-13-31-14-12-30)27-21(26-22)17-3-2-4-18-16(17)5-6-24-18/h2-6,24H,7-15H2,1H3. The van der Waals surface area contributed by atoms with Crippen molar-refractivity contribution in [2.75, 3.05) is 64.4 Å². The maximum atomic E-state index is 5.60. The van der Waals surface area contributed by atoms with Crippen LogP contribution in [-0.4, -0.2) is 89.3 Å². The second kappa shape index (κ2) is 8.40. The third-order valence-corrected chi connectivity index (χ3v) is 7.41. The number of nitrogens with one attached hydrogen (secondary N) is 1. The van der Waals surface area contributed by atoms with E-state index in [0.29, 0.717) is 0 Å². The molecular formula is C23H27N7OS. The zero-order chi connectivity index (χ0) is 21.5. The lowest BCUT2D eigenvalue weighted by atomic mass is 10.1. The van der Waals surface area contributed by atoms with Gasteiger partial charge in [0.1, 0.15) is 9.71 Å². The zero-order valence-electron chi connectivity index (χ0n) is 18.3. The molecule has 0 amide bonds. The highest BCUT2D eigenvalue weighted by Crippen LogP contribution is 2.34. The molecule has 9 heteroatoms. The summed E-state index contributed by atoms with van der Waals surface area (Å²) in [5, 5.41) is 2.25. The van der Waals surface area contributed by atoms with E-state index in [4.69, 9.17) is 19.7 Å². The molecule has 0 radical (unpaired) electrons. The fraction of sp³-hybridized carbons (Fsp3) is 0.435. The van der Waals surface area contributed by atoms with E-state index in [9.17, 15) is 0 Å². The van der Waals surface area contributed by atoms with Gasteiger partial charge < -0.3 is 19.5 Å². The SMILES string of the molecule is CN1CCN(Cc2nc3nc(-c4cccc5[nH]ccc45)nc(N4CCOCC4)c3s2)CC1. The summed E-state index contributed by atoms with van der Waals surface area (Å²) in [5.74, 6) is 1.73. The molecule has 1 aromatic carbocycles. The first kappa shape index (κ1) is 20.0. The van der Waals surface area contributed by atoms with E-state index < -0.39 is 0 Å². The summed E-state index contributed by atoms with van der Waals surface area (Å²) >= 11 is 1.74. The third-order valence-electron chi connectivity index (χ3n) is 6.38. The van der Waals surface area contributed by atoms with Crippen molar-refractivity contribution in [1.82, 2.24) is 29.7 Å². The minimum absolute atomic E-state index is 0.723. The lowest BCUT2D eigenvalue weighted by Gasteiger charge is -2.31. The first-order valence-corrected chi connectivity index (χ1v) is 12.0. The Bertz CT molecular complexity index is 1240. The molecule has 3 aromatic heterocycles. The molecule has 8 nitrogen and oxygen atoms in total. The monoisotopic (exact) mass is 449 g/mol. The maximum absolute atomic E-state index is 5.60. The van der Waals surface area contributed by atoms with Crippen molar-refractivity contribution in [3.63, 3.8) is 0 Å². The van der Waals surface area contributed by atoms with Crippen molar-refractivity contribution in [3.8, 4) is 11.4 Å². The Balaban J connectivity index is 1.43. The van der Waals surface area contributed by atoms with Gasteiger partial charge in [0.25, 0.3) is 0 Å². The van der Waals surface area contributed by atoms with Crippen LogP contribution in [0.1, 0.15) is 5.01 Å². The Morgan fingerprint density at radius 3 is 2.69 bits per heavy atom. The molecule has 166 valence electrons. The van der Waals surface area contributed by atoms with Gasteiger partial charge in [0.2, 0.25) is 0 Å². The Morgan fingerprint density at radius 2 is 1.84 bits per heavy atom. The number of hydrogen-bond donors (Lipinski definition) is 1. The third kappa shape index (κ3) is 3.75. The number of aromatic nitrogens is 4. The molecule has 32 heavy (non-hydrogen) atoms. The molecule has 0 spiro atoms. The highest BCUT2D eigenvalue weighted by atomic mass is 32.1. The van der Waals surface area contributed by atoms with Gasteiger partial charge in [-0.1, -0.05) is 12.1 Å². The largest absolute Gasteiger partial charge is 0.378 e. The number of benzene rings is 1. The molecule has 0 aliphatic carbocycles. The van der Waals surface area contributed by atoms with Crippen molar-refractivity contribution in [3.05, 3.63) is 35.5 Å². The summed E-state index contributed by atoms with van der Waals surface area (Å²) in [5.41, 5.74) is 2.93. The average molecular weight is 450 g/mol. The Kier molecular flexibility index (Phi) is 5.26. The normalized spacial score (nSPS) is 18.7. The molecule has 0 bridgehead atoms. The van der Waals surface area contributed by atoms with Gasteiger partial charge in [-0.3, -0.25) is 4.90 Å². The van der Waals surface area contributed by atoms with Crippen LogP contribution in [0.2, 0.25) is 0 Å². The number of anilines is 1. The maximum Gasteiger partial charge on any atom is 0.176 e. The van der Waals surface area contributed by atoms with Gasteiger partial charge in [0, 0.05) is 61.9 Å². The molecule has 5 heterocycles. The predicted molar refractivity (Wildman–Crippen MR) is 128 cm³/mol. The number of H-pyrrole nitrogens is 1. The number of nitrogens with zero attached hydrogens (tertiary/aromatic N) is 6. The summed E-state index contributed by atoms with van der Waals surface area (Å²) in [6.45, 7) is 8.37. The highest BCUT2D eigenvalue weighted by Gasteiger charge is 2.23. The van der Waals surface area contributed by atoms with Crippen molar-refractivity contribution in [1.29, 1.82) is 0 Å². The molecule has 1 N–H and O–H groups in total. The summed E-state index contributed by atoms with van der Waals surface area (Å²) in [6, 6.07) is 8.32. The number of piperazine rings is 1. The highest BCUT2D eigenvalue weighted by molar-refractivity contribution is 7.19. The Morgan fingerprint density at radius 1 is 1.00 bits per heavy atom. The minimum Gasteiger partial charge on any atom is -0.378 e. The topological polar surface area (TPSA) is 73.4 Å². The van der Waals surface area contributed by atoms with Crippen LogP contribution in [0.4, 0.5) is 5.82 Å². The van der Waals surface area contributed by atoms with Gasteiger partial charge in [0.15, 0.2) is 17.3 Å². The van der Waals surface area contributed by atoms with Crippen molar-refractivity contribution < 1.29 is 4.74 Å². The number of likely N-dealkylation sites (N-methyl/N-ethyl adjacent to an activating group) is 1. The van der Waals surface area contributed by atoms with Gasteiger partial charge in [-0.25, -0.2) is 15.0 Å². The lowest BCUT2D eigenvalue weighted by Crippen LogP contribution is -2.43. The molecule has 0 unspecified atom stereocenters. The molecule has 2 aliphatic rings. The second-order valence-electron chi connectivity index (χ2n) is 8.55. The lowest BCUT2D eigenvalue weighted by molar-refractivity contribution is 0.122. The number of fused-ring (bicyclic) bond motifs is 2. The van der Waals surface area contributed by atoms with Crippen molar-refractivity contribution in [2.45, 2.75) is 6.54 Å². The van der Waals surface area contributed by atoms with Crippen LogP contribution in [0.25, 0.3) is 32.6 Å². The van der Waals surface area contributed by atoms with Crippen LogP contribution >= 0.6 is 11.3 Å². The molecule has 2 saturated heterocycles. The van der Waals surface area contributed by atoms with E-state index in [2.05, 4.69) is 51.0 Å². The molecule has 4 aromatic rings. The number of rotatable bonds is 4. The number of morpholine rings is 1.